The van der Waals surface area contributed by atoms with Crippen LogP contribution in [0.3, 0.4) is 0 Å². The van der Waals surface area contributed by atoms with Crippen molar-refractivity contribution in [3.8, 4) is 0 Å². The minimum atomic E-state index is -0.0221. The number of carbonyl (C=O) groups is 1. The average Bonchev–Trinajstić information content (AvgIpc) is 2.45. The van der Waals surface area contributed by atoms with Gasteiger partial charge in [-0.05, 0) is 52.0 Å². The molecule has 118 valence electrons. The van der Waals surface area contributed by atoms with Gasteiger partial charge < -0.3 is 11.1 Å². The van der Waals surface area contributed by atoms with Crippen LogP contribution in [0.5, 0.6) is 0 Å². The van der Waals surface area contributed by atoms with Crippen LogP contribution in [0.25, 0.3) is 0 Å². The van der Waals surface area contributed by atoms with Crippen molar-refractivity contribution >= 4 is 5.91 Å². The summed E-state index contributed by atoms with van der Waals surface area (Å²) in [6, 6.07) is 0.871. The van der Waals surface area contributed by atoms with Crippen molar-refractivity contribution in [1.82, 2.24) is 10.2 Å². The van der Waals surface area contributed by atoms with E-state index in [9.17, 15) is 4.79 Å². The van der Waals surface area contributed by atoms with E-state index in [0.29, 0.717) is 12.1 Å². The molecule has 4 heteroatoms. The predicted octanol–water partition coefficient (Wildman–Crippen LogP) is 2.27. The Bertz CT molecular complexity index is 275. The molecule has 0 bridgehead atoms. The van der Waals surface area contributed by atoms with Gasteiger partial charge in [0, 0.05) is 18.6 Å². The topological polar surface area (TPSA) is 58.4 Å². The molecular formula is C16H33N3O. The molecular weight excluding hydrogens is 250 g/mol. The predicted molar refractivity (Wildman–Crippen MR) is 84.6 cm³/mol. The summed E-state index contributed by atoms with van der Waals surface area (Å²) in [7, 11) is 0. The summed E-state index contributed by atoms with van der Waals surface area (Å²) in [5.41, 5.74) is 5.99. The molecule has 1 atom stereocenters. The molecule has 0 aromatic carbocycles. The molecule has 0 heterocycles. The van der Waals surface area contributed by atoms with E-state index in [1.807, 2.05) is 6.92 Å². The number of hydrogen-bond donors (Lipinski definition) is 2. The Kier molecular flexibility index (Phi) is 8.15. The van der Waals surface area contributed by atoms with Crippen LogP contribution in [-0.2, 0) is 4.79 Å². The Hall–Kier alpha value is -0.610. The number of carbonyl (C=O) groups excluding carboxylic acids is 1. The second-order valence-corrected chi connectivity index (χ2v) is 6.13. The lowest BCUT2D eigenvalue weighted by atomic mass is 9.90. The van der Waals surface area contributed by atoms with Gasteiger partial charge in [-0.15, -0.1) is 0 Å². The molecule has 0 saturated heterocycles. The van der Waals surface area contributed by atoms with Crippen LogP contribution >= 0.6 is 0 Å². The van der Waals surface area contributed by atoms with Gasteiger partial charge in [0.1, 0.15) is 0 Å². The Balaban J connectivity index is 2.52. The minimum Gasteiger partial charge on any atom is -0.355 e. The highest BCUT2D eigenvalue weighted by atomic mass is 16.2. The molecule has 0 aliphatic heterocycles. The van der Waals surface area contributed by atoms with E-state index >= 15 is 0 Å². The zero-order chi connectivity index (χ0) is 15.0. The lowest BCUT2D eigenvalue weighted by Crippen LogP contribution is -2.51. The van der Waals surface area contributed by atoms with Crippen LogP contribution in [0, 0.1) is 0 Å². The quantitative estimate of drug-likeness (QED) is 0.672. The third-order valence-electron chi connectivity index (χ3n) is 4.40. The van der Waals surface area contributed by atoms with E-state index in [2.05, 4.69) is 24.1 Å². The zero-order valence-corrected chi connectivity index (χ0v) is 13.5. The first kappa shape index (κ1) is 17.4. The van der Waals surface area contributed by atoms with Gasteiger partial charge in [-0.2, -0.15) is 0 Å². The van der Waals surface area contributed by atoms with E-state index in [0.717, 1.165) is 58.0 Å². The van der Waals surface area contributed by atoms with Crippen LogP contribution < -0.4 is 11.1 Å². The maximum Gasteiger partial charge on any atom is 0.237 e. The van der Waals surface area contributed by atoms with E-state index < -0.39 is 0 Å². The summed E-state index contributed by atoms with van der Waals surface area (Å²) in [6.07, 6.45) is 7.72. The number of nitrogens with one attached hydrogen (secondary N) is 1. The molecule has 1 rings (SSSR count). The molecule has 0 spiro atoms. The van der Waals surface area contributed by atoms with Crippen molar-refractivity contribution in [2.24, 2.45) is 5.73 Å². The monoisotopic (exact) mass is 283 g/mol. The molecule has 1 saturated carbocycles. The van der Waals surface area contributed by atoms with Gasteiger partial charge in [0.15, 0.2) is 0 Å². The lowest BCUT2D eigenvalue weighted by Gasteiger charge is -2.39. The molecule has 4 nitrogen and oxygen atoms in total. The molecule has 0 aromatic heterocycles. The SMILES string of the molecule is CCCCNC(=O)C(C)N(CCC)C1CCC(N)CC1. The van der Waals surface area contributed by atoms with E-state index in [1.54, 1.807) is 0 Å². The second kappa shape index (κ2) is 9.35. The maximum absolute atomic E-state index is 12.3. The Morgan fingerprint density at radius 3 is 2.45 bits per heavy atom. The fourth-order valence-corrected chi connectivity index (χ4v) is 3.07. The molecule has 1 unspecified atom stereocenters. The molecule has 0 radical (unpaired) electrons. The van der Waals surface area contributed by atoms with Crippen molar-refractivity contribution in [2.75, 3.05) is 13.1 Å². The minimum absolute atomic E-state index is 0.0221. The zero-order valence-electron chi connectivity index (χ0n) is 13.5. The number of amides is 1. The number of nitrogens with zero attached hydrogens (tertiary/aromatic N) is 1. The van der Waals surface area contributed by atoms with Gasteiger partial charge in [-0.1, -0.05) is 20.3 Å². The van der Waals surface area contributed by atoms with Crippen LogP contribution in [0.1, 0.15) is 65.7 Å². The highest BCUT2D eigenvalue weighted by Crippen LogP contribution is 2.24. The van der Waals surface area contributed by atoms with Crippen molar-refractivity contribution in [3.05, 3.63) is 0 Å². The summed E-state index contributed by atoms with van der Waals surface area (Å²) >= 11 is 0. The van der Waals surface area contributed by atoms with Crippen LogP contribution in [0.15, 0.2) is 0 Å². The Morgan fingerprint density at radius 2 is 1.90 bits per heavy atom. The highest BCUT2D eigenvalue weighted by Gasteiger charge is 2.29. The second-order valence-electron chi connectivity index (χ2n) is 6.13. The van der Waals surface area contributed by atoms with Crippen molar-refractivity contribution in [3.63, 3.8) is 0 Å². The molecule has 1 aliphatic carbocycles. The normalized spacial score (nSPS) is 24.6. The highest BCUT2D eigenvalue weighted by molar-refractivity contribution is 5.81. The van der Waals surface area contributed by atoms with Crippen LogP contribution in [0.2, 0.25) is 0 Å². The van der Waals surface area contributed by atoms with Crippen molar-refractivity contribution < 1.29 is 4.79 Å². The fraction of sp³-hybridized carbons (Fsp3) is 0.938. The first-order valence-electron chi connectivity index (χ1n) is 8.39. The summed E-state index contributed by atoms with van der Waals surface area (Å²) in [4.78, 5) is 14.7. The average molecular weight is 283 g/mol. The molecule has 20 heavy (non-hydrogen) atoms. The number of hydrogen-bond acceptors (Lipinski definition) is 3. The van der Waals surface area contributed by atoms with E-state index in [1.165, 1.54) is 0 Å². The van der Waals surface area contributed by atoms with Gasteiger partial charge in [0.2, 0.25) is 5.91 Å². The third-order valence-corrected chi connectivity index (χ3v) is 4.40. The molecule has 3 N–H and O–H groups in total. The Morgan fingerprint density at radius 1 is 1.25 bits per heavy atom. The van der Waals surface area contributed by atoms with Gasteiger partial charge in [-0.25, -0.2) is 0 Å². The summed E-state index contributed by atoms with van der Waals surface area (Å²) in [6.45, 7) is 8.18. The van der Waals surface area contributed by atoms with Gasteiger partial charge in [0.05, 0.1) is 6.04 Å². The summed E-state index contributed by atoms with van der Waals surface area (Å²) in [5.74, 6) is 0.182. The standard InChI is InChI=1S/C16H33N3O/c1-4-6-11-18-16(20)13(3)19(12-5-2)15-9-7-14(17)8-10-15/h13-15H,4-12,17H2,1-3H3,(H,18,20). The number of unbranched alkanes of at least 4 members (excludes halogenated alkanes) is 1. The van der Waals surface area contributed by atoms with E-state index in [-0.39, 0.29) is 11.9 Å². The van der Waals surface area contributed by atoms with Crippen LogP contribution in [0.4, 0.5) is 0 Å². The maximum atomic E-state index is 12.3. The van der Waals surface area contributed by atoms with Gasteiger partial charge in [0.25, 0.3) is 0 Å². The first-order valence-corrected chi connectivity index (χ1v) is 8.39. The largest absolute Gasteiger partial charge is 0.355 e. The summed E-state index contributed by atoms with van der Waals surface area (Å²) in [5, 5.41) is 3.06. The smallest absolute Gasteiger partial charge is 0.237 e. The number of rotatable bonds is 8. The first-order chi connectivity index (χ1) is 9.60. The van der Waals surface area contributed by atoms with Gasteiger partial charge in [-0.3, -0.25) is 9.69 Å². The summed E-state index contributed by atoms with van der Waals surface area (Å²) < 4.78 is 0. The van der Waals surface area contributed by atoms with Crippen molar-refractivity contribution in [1.29, 1.82) is 0 Å². The van der Waals surface area contributed by atoms with Crippen molar-refractivity contribution in [2.45, 2.75) is 83.8 Å². The Labute approximate surface area is 124 Å². The number of nitrogens with two attached hydrogens (primary N) is 1. The molecule has 1 aliphatic rings. The van der Waals surface area contributed by atoms with Crippen LogP contribution in [-0.4, -0.2) is 42.0 Å². The lowest BCUT2D eigenvalue weighted by molar-refractivity contribution is -0.127. The van der Waals surface area contributed by atoms with E-state index in [4.69, 9.17) is 5.73 Å². The van der Waals surface area contributed by atoms with Gasteiger partial charge >= 0.3 is 0 Å². The fourth-order valence-electron chi connectivity index (χ4n) is 3.07. The molecule has 0 aromatic rings. The molecule has 1 fully saturated rings. The molecule has 1 amide bonds. The third kappa shape index (κ3) is 5.41.